The van der Waals surface area contributed by atoms with E-state index in [1.807, 2.05) is 31.2 Å². The lowest BCUT2D eigenvalue weighted by atomic mass is 9.98. The Morgan fingerprint density at radius 1 is 1.24 bits per heavy atom. The Morgan fingerprint density at radius 2 is 2.05 bits per heavy atom. The van der Waals surface area contributed by atoms with E-state index in [9.17, 15) is 5.11 Å². The fourth-order valence-corrected chi connectivity index (χ4v) is 4.03. The van der Waals surface area contributed by atoms with Crippen molar-refractivity contribution in [1.82, 2.24) is 0 Å². The molecule has 1 atom stereocenters. The van der Waals surface area contributed by atoms with Gasteiger partial charge in [0.05, 0.1) is 12.7 Å². The van der Waals surface area contributed by atoms with Gasteiger partial charge in [-0.15, -0.1) is 0 Å². The van der Waals surface area contributed by atoms with Crippen molar-refractivity contribution < 1.29 is 9.84 Å². The van der Waals surface area contributed by atoms with Gasteiger partial charge in [0.15, 0.2) is 0 Å². The molecule has 0 aliphatic carbocycles. The summed E-state index contributed by atoms with van der Waals surface area (Å²) in [6, 6.07) is 10.2. The Morgan fingerprint density at radius 3 is 2.81 bits per heavy atom. The number of hydrogen-bond donors (Lipinski definition) is 1. The molecule has 0 saturated heterocycles. The molecule has 21 heavy (non-hydrogen) atoms. The van der Waals surface area contributed by atoms with Crippen LogP contribution in [0, 0.1) is 6.92 Å². The van der Waals surface area contributed by atoms with E-state index in [4.69, 9.17) is 4.74 Å². The number of fused-ring (bicyclic) bond motifs is 1. The standard InChI is InChI=1S/C17H16Br2O2/c1-10-2-3-14(15(19)6-10)16(20)9-12-8-13(18)7-11-4-5-21-17(11)12/h2-3,6-8,16,20H,4-5,9H2,1H3. The van der Waals surface area contributed by atoms with Gasteiger partial charge in [-0.3, -0.25) is 0 Å². The summed E-state index contributed by atoms with van der Waals surface area (Å²) >= 11 is 7.08. The quantitative estimate of drug-likeness (QED) is 0.790. The van der Waals surface area contributed by atoms with Crippen molar-refractivity contribution in [1.29, 1.82) is 0 Å². The van der Waals surface area contributed by atoms with Crippen molar-refractivity contribution in [3.05, 3.63) is 61.5 Å². The van der Waals surface area contributed by atoms with Crippen LogP contribution >= 0.6 is 31.9 Å². The van der Waals surface area contributed by atoms with Gasteiger partial charge in [-0.25, -0.2) is 0 Å². The highest BCUT2D eigenvalue weighted by atomic mass is 79.9. The molecule has 2 aromatic rings. The molecule has 4 heteroatoms. The third kappa shape index (κ3) is 3.17. The van der Waals surface area contributed by atoms with Gasteiger partial charge in [0.25, 0.3) is 0 Å². The minimum atomic E-state index is -0.553. The molecule has 1 aliphatic rings. The molecular weight excluding hydrogens is 396 g/mol. The molecule has 1 N–H and O–H groups in total. The van der Waals surface area contributed by atoms with Crippen LogP contribution in [0.25, 0.3) is 0 Å². The normalized spacial score (nSPS) is 14.7. The van der Waals surface area contributed by atoms with E-state index < -0.39 is 6.10 Å². The molecule has 0 amide bonds. The molecule has 1 unspecified atom stereocenters. The Balaban J connectivity index is 1.90. The fraction of sp³-hybridized carbons (Fsp3) is 0.294. The van der Waals surface area contributed by atoms with Gasteiger partial charge in [0.1, 0.15) is 5.75 Å². The Hall–Kier alpha value is -0.840. The number of aryl methyl sites for hydroxylation is 1. The first kappa shape index (κ1) is 15.1. The predicted octanol–water partition coefficient (Wildman–Crippen LogP) is 4.73. The van der Waals surface area contributed by atoms with E-state index in [2.05, 4.69) is 37.9 Å². The number of hydrogen-bond acceptors (Lipinski definition) is 2. The van der Waals surface area contributed by atoms with Crippen molar-refractivity contribution in [3.63, 3.8) is 0 Å². The van der Waals surface area contributed by atoms with Crippen LogP contribution in [-0.2, 0) is 12.8 Å². The van der Waals surface area contributed by atoms with Crippen LogP contribution in [0.5, 0.6) is 5.75 Å². The second kappa shape index (κ2) is 6.11. The number of aliphatic hydroxyl groups is 1. The van der Waals surface area contributed by atoms with Crippen molar-refractivity contribution in [2.45, 2.75) is 25.9 Å². The molecule has 0 bridgehead atoms. The molecular formula is C17H16Br2O2. The predicted molar refractivity (Wildman–Crippen MR) is 90.9 cm³/mol. The summed E-state index contributed by atoms with van der Waals surface area (Å²) in [7, 11) is 0. The van der Waals surface area contributed by atoms with Crippen LogP contribution < -0.4 is 4.74 Å². The molecule has 0 aromatic heterocycles. The zero-order valence-electron chi connectivity index (χ0n) is 11.7. The first-order valence-electron chi connectivity index (χ1n) is 6.93. The third-order valence-corrected chi connectivity index (χ3v) is 4.90. The van der Waals surface area contributed by atoms with Crippen LogP contribution in [0.2, 0.25) is 0 Å². The second-order valence-corrected chi connectivity index (χ2v) is 7.17. The minimum Gasteiger partial charge on any atom is -0.493 e. The zero-order valence-corrected chi connectivity index (χ0v) is 14.9. The number of benzene rings is 2. The van der Waals surface area contributed by atoms with Gasteiger partial charge in [-0.05, 0) is 47.4 Å². The average Bonchev–Trinajstić information content (AvgIpc) is 2.86. The van der Waals surface area contributed by atoms with E-state index in [0.717, 1.165) is 38.8 Å². The number of rotatable bonds is 3. The van der Waals surface area contributed by atoms with Crippen molar-refractivity contribution in [2.75, 3.05) is 6.61 Å². The van der Waals surface area contributed by atoms with Gasteiger partial charge in [-0.2, -0.15) is 0 Å². The number of halogens is 2. The van der Waals surface area contributed by atoms with Crippen molar-refractivity contribution in [3.8, 4) is 5.75 Å². The summed E-state index contributed by atoms with van der Waals surface area (Å²) in [5, 5.41) is 10.6. The Bertz CT molecular complexity index is 683. The lowest BCUT2D eigenvalue weighted by Gasteiger charge is -2.16. The number of aliphatic hydroxyl groups excluding tert-OH is 1. The summed E-state index contributed by atoms with van der Waals surface area (Å²) in [6.45, 7) is 2.76. The largest absolute Gasteiger partial charge is 0.493 e. The van der Waals surface area contributed by atoms with E-state index in [-0.39, 0.29) is 0 Å². The van der Waals surface area contributed by atoms with E-state index >= 15 is 0 Å². The summed E-state index contributed by atoms with van der Waals surface area (Å²) < 4.78 is 7.71. The molecule has 0 fully saturated rings. The molecule has 1 heterocycles. The molecule has 110 valence electrons. The summed E-state index contributed by atoms with van der Waals surface area (Å²) in [4.78, 5) is 0. The molecule has 0 radical (unpaired) electrons. The Labute approximate surface area is 141 Å². The van der Waals surface area contributed by atoms with Crippen LogP contribution in [0.4, 0.5) is 0 Å². The highest BCUT2D eigenvalue weighted by Gasteiger charge is 2.21. The molecule has 3 rings (SSSR count). The lowest BCUT2D eigenvalue weighted by molar-refractivity contribution is 0.176. The van der Waals surface area contributed by atoms with Crippen LogP contribution in [0.3, 0.4) is 0 Å². The first-order valence-corrected chi connectivity index (χ1v) is 8.51. The van der Waals surface area contributed by atoms with Gasteiger partial charge in [-0.1, -0.05) is 44.0 Å². The van der Waals surface area contributed by atoms with Gasteiger partial charge >= 0.3 is 0 Å². The summed E-state index contributed by atoms with van der Waals surface area (Å²) in [5.74, 6) is 0.945. The molecule has 2 aromatic carbocycles. The maximum atomic E-state index is 10.6. The van der Waals surface area contributed by atoms with Crippen LogP contribution in [-0.4, -0.2) is 11.7 Å². The number of ether oxygens (including phenoxy) is 1. The van der Waals surface area contributed by atoms with E-state index in [1.165, 1.54) is 11.1 Å². The molecule has 2 nitrogen and oxygen atoms in total. The smallest absolute Gasteiger partial charge is 0.125 e. The fourth-order valence-electron chi connectivity index (χ4n) is 2.72. The van der Waals surface area contributed by atoms with E-state index in [0.29, 0.717) is 6.42 Å². The molecule has 1 aliphatic heterocycles. The second-order valence-electron chi connectivity index (χ2n) is 5.40. The van der Waals surface area contributed by atoms with Crippen molar-refractivity contribution >= 4 is 31.9 Å². The Kier molecular flexibility index (Phi) is 4.38. The van der Waals surface area contributed by atoms with Gasteiger partial charge in [0, 0.05) is 21.8 Å². The SMILES string of the molecule is Cc1ccc(C(O)Cc2cc(Br)cc3c2OCC3)c(Br)c1. The highest BCUT2D eigenvalue weighted by molar-refractivity contribution is 9.10. The highest BCUT2D eigenvalue weighted by Crippen LogP contribution is 2.36. The lowest BCUT2D eigenvalue weighted by Crippen LogP contribution is -2.04. The monoisotopic (exact) mass is 410 g/mol. The molecule has 0 saturated carbocycles. The summed E-state index contributed by atoms with van der Waals surface area (Å²) in [6.07, 6.45) is 0.929. The van der Waals surface area contributed by atoms with Gasteiger partial charge in [0.2, 0.25) is 0 Å². The topological polar surface area (TPSA) is 29.5 Å². The van der Waals surface area contributed by atoms with Crippen LogP contribution in [0.15, 0.2) is 39.3 Å². The summed E-state index contributed by atoms with van der Waals surface area (Å²) in [5.41, 5.74) is 4.35. The third-order valence-electron chi connectivity index (χ3n) is 3.75. The van der Waals surface area contributed by atoms with Gasteiger partial charge < -0.3 is 9.84 Å². The van der Waals surface area contributed by atoms with Crippen molar-refractivity contribution in [2.24, 2.45) is 0 Å². The maximum Gasteiger partial charge on any atom is 0.125 e. The minimum absolute atomic E-state index is 0.545. The first-order chi connectivity index (χ1) is 10.0. The maximum absolute atomic E-state index is 10.6. The molecule has 0 spiro atoms. The van der Waals surface area contributed by atoms with E-state index in [1.54, 1.807) is 0 Å². The van der Waals surface area contributed by atoms with Crippen LogP contribution in [0.1, 0.15) is 28.4 Å². The average molecular weight is 412 g/mol. The zero-order chi connectivity index (χ0) is 15.0.